The highest BCUT2D eigenvalue weighted by Crippen LogP contribution is 2.32. The van der Waals surface area contributed by atoms with E-state index in [1.165, 1.54) is 19.2 Å². The molecule has 0 bridgehead atoms. The molecular weight excluding hydrogens is 396 g/mol. The molecule has 0 saturated heterocycles. The van der Waals surface area contributed by atoms with Crippen molar-refractivity contribution in [3.8, 4) is 5.75 Å². The maximum atomic E-state index is 13.3. The number of fused-ring (bicyclic) bond motifs is 1. The molecule has 1 aromatic carbocycles. The number of rotatable bonds is 4. The monoisotopic (exact) mass is 424 g/mol. The van der Waals surface area contributed by atoms with E-state index < -0.39 is 11.9 Å². The fourth-order valence-electron chi connectivity index (χ4n) is 3.36. The first-order valence-corrected chi connectivity index (χ1v) is 10.1. The average Bonchev–Trinajstić information content (AvgIpc) is 3.05. The second-order valence-electron chi connectivity index (χ2n) is 8.76. The normalized spacial score (nSPS) is 11.7. The van der Waals surface area contributed by atoms with Gasteiger partial charge < -0.3 is 15.2 Å². The van der Waals surface area contributed by atoms with E-state index in [2.05, 4.69) is 15.2 Å². The van der Waals surface area contributed by atoms with Crippen LogP contribution in [0, 0.1) is 6.92 Å². The van der Waals surface area contributed by atoms with Crippen LogP contribution in [0.25, 0.3) is 11.0 Å². The van der Waals surface area contributed by atoms with Gasteiger partial charge in [0.05, 0.1) is 35.0 Å². The minimum atomic E-state index is -0.690. The van der Waals surface area contributed by atoms with Gasteiger partial charge >= 0.3 is 5.97 Å². The van der Waals surface area contributed by atoms with Crippen LogP contribution >= 0.6 is 0 Å². The molecule has 0 saturated carbocycles. The summed E-state index contributed by atoms with van der Waals surface area (Å²) in [4.78, 5) is 30.0. The number of nitrogens with zero attached hydrogens (tertiary/aromatic N) is 3. The summed E-state index contributed by atoms with van der Waals surface area (Å²) in [5.41, 5.74) is 2.25. The number of carbonyl (C=O) groups is 2. The van der Waals surface area contributed by atoms with Crippen molar-refractivity contribution < 1.29 is 19.4 Å². The fraction of sp³-hybridized carbons (Fsp3) is 0.391. The van der Waals surface area contributed by atoms with Crippen molar-refractivity contribution in [2.75, 3.05) is 12.4 Å². The molecule has 3 rings (SSSR count). The molecular formula is C23H28N4O4. The van der Waals surface area contributed by atoms with Crippen LogP contribution in [0.15, 0.2) is 24.3 Å². The van der Waals surface area contributed by atoms with E-state index in [0.717, 1.165) is 5.69 Å². The number of anilines is 1. The van der Waals surface area contributed by atoms with Crippen LogP contribution in [0.5, 0.6) is 5.75 Å². The summed E-state index contributed by atoms with van der Waals surface area (Å²) in [6.07, 6.45) is 0. The summed E-state index contributed by atoms with van der Waals surface area (Å²) >= 11 is 0. The first kappa shape index (κ1) is 22.3. The van der Waals surface area contributed by atoms with E-state index in [9.17, 15) is 14.7 Å². The number of pyridine rings is 1. The molecule has 1 amide bonds. The number of amides is 1. The number of phenols is 1. The van der Waals surface area contributed by atoms with Crippen LogP contribution in [0.1, 0.15) is 72.6 Å². The summed E-state index contributed by atoms with van der Waals surface area (Å²) in [5, 5.41) is 18.5. The Bertz CT molecular complexity index is 1170. The quantitative estimate of drug-likeness (QED) is 0.476. The van der Waals surface area contributed by atoms with Crippen molar-refractivity contribution in [1.29, 1.82) is 0 Å². The molecule has 8 nitrogen and oxygen atoms in total. The van der Waals surface area contributed by atoms with Gasteiger partial charge in [0.15, 0.2) is 11.4 Å². The average molecular weight is 425 g/mol. The summed E-state index contributed by atoms with van der Waals surface area (Å²) in [6.45, 7) is 11.9. The largest absolute Gasteiger partial charge is 0.505 e. The van der Waals surface area contributed by atoms with Gasteiger partial charge in [0.2, 0.25) is 0 Å². The maximum absolute atomic E-state index is 13.3. The fourth-order valence-corrected chi connectivity index (χ4v) is 3.36. The van der Waals surface area contributed by atoms with Crippen molar-refractivity contribution >= 4 is 28.6 Å². The lowest BCUT2D eigenvalue weighted by molar-refractivity contribution is 0.0597. The first-order chi connectivity index (χ1) is 14.5. The number of aromatic nitrogens is 3. The number of methoxy groups -OCH3 is 1. The van der Waals surface area contributed by atoms with Gasteiger partial charge in [-0.25, -0.2) is 14.5 Å². The topological polar surface area (TPSA) is 106 Å². The summed E-state index contributed by atoms with van der Waals surface area (Å²) in [7, 11) is 1.23. The third-order valence-electron chi connectivity index (χ3n) is 4.99. The Morgan fingerprint density at radius 1 is 1.19 bits per heavy atom. The zero-order valence-corrected chi connectivity index (χ0v) is 18.9. The zero-order valence-electron chi connectivity index (χ0n) is 18.9. The van der Waals surface area contributed by atoms with Crippen molar-refractivity contribution in [2.24, 2.45) is 0 Å². The molecule has 3 aromatic rings. The molecule has 0 atom stereocenters. The van der Waals surface area contributed by atoms with Crippen LogP contribution in [-0.4, -0.2) is 38.9 Å². The van der Waals surface area contributed by atoms with Gasteiger partial charge in [-0.1, -0.05) is 19.9 Å². The molecule has 31 heavy (non-hydrogen) atoms. The number of hydrogen-bond donors (Lipinski definition) is 2. The van der Waals surface area contributed by atoms with E-state index >= 15 is 0 Å². The lowest BCUT2D eigenvalue weighted by atomic mass is 10.0. The molecule has 0 aliphatic rings. The number of aromatic hydroxyl groups is 1. The highest BCUT2D eigenvalue weighted by Gasteiger charge is 2.26. The number of para-hydroxylation sites is 1. The smallest absolute Gasteiger partial charge is 0.341 e. The Kier molecular flexibility index (Phi) is 5.76. The Morgan fingerprint density at radius 3 is 2.45 bits per heavy atom. The Labute approximate surface area is 181 Å². The molecule has 0 fully saturated rings. The number of hydrogen-bond acceptors (Lipinski definition) is 6. The molecule has 0 aliphatic carbocycles. The van der Waals surface area contributed by atoms with E-state index in [0.29, 0.717) is 22.3 Å². The van der Waals surface area contributed by atoms with Crippen molar-refractivity contribution in [2.45, 2.75) is 53.0 Å². The molecule has 0 radical (unpaired) electrons. The molecule has 164 valence electrons. The van der Waals surface area contributed by atoms with Gasteiger partial charge in [-0.3, -0.25) is 4.79 Å². The number of nitrogens with one attached hydrogen (secondary N) is 1. The minimum absolute atomic E-state index is 0.0280. The van der Waals surface area contributed by atoms with Gasteiger partial charge in [0.25, 0.3) is 5.91 Å². The summed E-state index contributed by atoms with van der Waals surface area (Å²) in [5.74, 6) is -1.37. The van der Waals surface area contributed by atoms with Gasteiger partial charge in [-0.2, -0.15) is 5.10 Å². The molecule has 0 unspecified atom stereocenters. The van der Waals surface area contributed by atoms with Gasteiger partial charge in [-0.05, 0) is 51.8 Å². The number of benzene rings is 1. The van der Waals surface area contributed by atoms with Gasteiger partial charge in [0.1, 0.15) is 5.56 Å². The lowest BCUT2D eigenvalue weighted by Crippen LogP contribution is -2.24. The Balaban J connectivity index is 2.16. The van der Waals surface area contributed by atoms with E-state index in [1.54, 1.807) is 12.1 Å². The molecule has 2 aromatic heterocycles. The number of ether oxygens (including phenoxy) is 1. The predicted molar refractivity (Wildman–Crippen MR) is 119 cm³/mol. The number of phenolic OH excluding ortho intramolecular Hbond substituents is 1. The second-order valence-corrected chi connectivity index (χ2v) is 8.76. The van der Waals surface area contributed by atoms with Crippen molar-refractivity contribution in [3.63, 3.8) is 0 Å². The standard InChI is InChI=1S/C23H28N4O4/c1-12(2)17-11-15(18-13(3)26-27(20(18)24-17)23(4,5)6)21(29)25-16-10-8-9-14(19(16)28)22(30)31-7/h8-12,28H,1-7H3,(H,25,29). The molecule has 8 heteroatoms. The minimum Gasteiger partial charge on any atom is -0.505 e. The van der Waals surface area contributed by atoms with Crippen molar-refractivity contribution in [1.82, 2.24) is 14.8 Å². The highest BCUT2D eigenvalue weighted by atomic mass is 16.5. The zero-order chi connectivity index (χ0) is 23.1. The van der Waals surface area contributed by atoms with E-state index in [-0.39, 0.29) is 28.5 Å². The summed E-state index contributed by atoms with van der Waals surface area (Å²) in [6, 6.07) is 6.26. The number of aryl methyl sites for hydroxylation is 1. The van der Waals surface area contributed by atoms with Crippen LogP contribution in [0.4, 0.5) is 5.69 Å². The van der Waals surface area contributed by atoms with Crippen LogP contribution in [0.2, 0.25) is 0 Å². The predicted octanol–water partition coefficient (Wildman–Crippen LogP) is 4.36. The molecule has 2 heterocycles. The highest BCUT2D eigenvalue weighted by molar-refractivity contribution is 6.13. The van der Waals surface area contributed by atoms with Gasteiger partial charge in [0, 0.05) is 5.69 Å². The van der Waals surface area contributed by atoms with Crippen molar-refractivity contribution in [3.05, 3.63) is 46.8 Å². The SMILES string of the molecule is COC(=O)c1cccc(NC(=O)c2cc(C(C)C)nc3c2c(C)nn3C(C)(C)C)c1O. The third kappa shape index (κ3) is 4.10. The molecule has 0 spiro atoms. The lowest BCUT2D eigenvalue weighted by Gasteiger charge is -2.20. The van der Waals surface area contributed by atoms with E-state index in [1.807, 2.05) is 46.2 Å². The Hall–Kier alpha value is -3.42. The maximum Gasteiger partial charge on any atom is 0.341 e. The van der Waals surface area contributed by atoms with Crippen LogP contribution in [-0.2, 0) is 10.3 Å². The molecule has 0 aliphatic heterocycles. The van der Waals surface area contributed by atoms with Crippen LogP contribution < -0.4 is 5.32 Å². The first-order valence-electron chi connectivity index (χ1n) is 10.1. The number of esters is 1. The second kappa shape index (κ2) is 8.02. The summed E-state index contributed by atoms with van der Waals surface area (Å²) < 4.78 is 6.51. The van der Waals surface area contributed by atoms with Crippen LogP contribution in [0.3, 0.4) is 0 Å². The third-order valence-corrected chi connectivity index (χ3v) is 4.99. The Morgan fingerprint density at radius 2 is 1.87 bits per heavy atom. The van der Waals surface area contributed by atoms with Gasteiger partial charge in [-0.15, -0.1) is 0 Å². The van der Waals surface area contributed by atoms with E-state index in [4.69, 9.17) is 4.98 Å². The number of carbonyl (C=O) groups excluding carboxylic acids is 2. The molecule has 2 N–H and O–H groups in total.